The van der Waals surface area contributed by atoms with E-state index >= 15 is 0 Å². The van der Waals surface area contributed by atoms with Gasteiger partial charge in [0.2, 0.25) is 5.43 Å². The van der Waals surface area contributed by atoms with Gasteiger partial charge in [0.15, 0.2) is 11.4 Å². The van der Waals surface area contributed by atoms with E-state index in [0.717, 1.165) is 19.3 Å². The van der Waals surface area contributed by atoms with Gasteiger partial charge in [-0.2, -0.15) is 0 Å². The summed E-state index contributed by atoms with van der Waals surface area (Å²) in [6, 6.07) is 9.47. The number of benzene rings is 1. The number of hydrogen-bond acceptors (Lipinski definition) is 5. The van der Waals surface area contributed by atoms with E-state index in [9.17, 15) is 14.7 Å². The number of pyridine rings is 1. The molecule has 1 amide bonds. The fourth-order valence-corrected chi connectivity index (χ4v) is 5.76. The summed E-state index contributed by atoms with van der Waals surface area (Å²) in [6.07, 6.45) is 9.78. The van der Waals surface area contributed by atoms with Crippen molar-refractivity contribution in [3.05, 3.63) is 86.9 Å². The lowest BCUT2D eigenvalue weighted by atomic mass is 9.85. The average molecular weight is 476 g/mol. The van der Waals surface area contributed by atoms with Crippen LogP contribution in [0.2, 0.25) is 0 Å². The SMILES string of the molecule is CCC(COC)N1CN(C2C3=C(CCc4ccccc42)CC(C)C=C3)n2ccc(=O)c(O)c2C1=O. The van der Waals surface area contributed by atoms with Crippen LogP contribution in [0.15, 0.2) is 64.6 Å². The summed E-state index contributed by atoms with van der Waals surface area (Å²) < 4.78 is 7.12. The number of fused-ring (bicyclic) bond motifs is 2. The van der Waals surface area contributed by atoms with Crippen molar-refractivity contribution in [1.82, 2.24) is 9.58 Å². The first kappa shape index (κ1) is 23.4. The molecular formula is C28H33N3O4. The van der Waals surface area contributed by atoms with Gasteiger partial charge in [-0.15, -0.1) is 0 Å². The third-order valence-corrected chi connectivity index (χ3v) is 7.58. The molecule has 1 aromatic carbocycles. The quantitative estimate of drug-likeness (QED) is 0.710. The van der Waals surface area contributed by atoms with E-state index in [1.807, 2.05) is 6.92 Å². The van der Waals surface area contributed by atoms with Gasteiger partial charge in [0.1, 0.15) is 6.67 Å². The molecule has 0 fully saturated rings. The fraction of sp³-hybridized carbons (Fsp3) is 0.429. The highest BCUT2D eigenvalue weighted by Gasteiger charge is 2.41. The zero-order chi connectivity index (χ0) is 24.7. The molecule has 2 aliphatic carbocycles. The number of carbonyl (C=O) groups excluding carboxylic acids is 1. The summed E-state index contributed by atoms with van der Waals surface area (Å²) in [6.45, 7) is 4.94. The molecule has 3 unspecified atom stereocenters. The Morgan fingerprint density at radius 3 is 2.74 bits per heavy atom. The Morgan fingerprint density at radius 1 is 1.17 bits per heavy atom. The van der Waals surface area contributed by atoms with Crippen molar-refractivity contribution in [2.24, 2.45) is 5.92 Å². The molecule has 184 valence electrons. The molecule has 2 aromatic rings. The van der Waals surface area contributed by atoms with Crippen molar-refractivity contribution in [2.75, 3.05) is 25.4 Å². The Morgan fingerprint density at radius 2 is 1.97 bits per heavy atom. The molecule has 7 heteroatoms. The number of rotatable bonds is 5. The van der Waals surface area contributed by atoms with Crippen molar-refractivity contribution in [2.45, 2.75) is 51.6 Å². The maximum atomic E-state index is 13.6. The molecule has 1 N–H and O–H groups in total. The molecule has 0 saturated heterocycles. The molecule has 7 nitrogen and oxygen atoms in total. The van der Waals surface area contributed by atoms with E-state index in [0.29, 0.717) is 25.6 Å². The van der Waals surface area contributed by atoms with Crippen molar-refractivity contribution in [3.63, 3.8) is 0 Å². The Hall–Kier alpha value is -3.32. The van der Waals surface area contributed by atoms with Gasteiger partial charge >= 0.3 is 0 Å². The minimum Gasteiger partial charge on any atom is -0.502 e. The highest BCUT2D eigenvalue weighted by Crippen LogP contribution is 2.42. The molecule has 0 bridgehead atoms. The number of hydrogen-bond donors (Lipinski definition) is 1. The van der Waals surface area contributed by atoms with E-state index in [4.69, 9.17) is 4.74 Å². The first-order valence-electron chi connectivity index (χ1n) is 12.4. The van der Waals surface area contributed by atoms with Gasteiger partial charge < -0.3 is 14.7 Å². The third kappa shape index (κ3) is 3.97. The molecule has 5 rings (SSSR count). The molecule has 0 saturated carbocycles. The van der Waals surface area contributed by atoms with Crippen LogP contribution in [0.3, 0.4) is 0 Å². The lowest BCUT2D eigenvalue weighted by molar-refractivity contribution is 0.0428. The van der Waals surface area contributed by atoms with Crippen molar-refractivity contribution < 1.29 is 14.6 Å². The maximum absolute atomic E-state index is 13.6. The molecule has 0 radical (unpaired) electrons. The second kappa shape index (κ2) is 9.38. The normalized spacial score (nSPS) is 22.4. The van der Waals surface area contributed by atoms with E-state index in [1.165, 1.54) is 28.3 Å². The molecule has 3 atom stereocenters. The lowest BCUT2D eigenvalue weighted by Crippen LogP contribution is -2.59. The van der Waals surface area contributed by atoms with Crippen LogP contribution in [0.1, 0.15) is 60.8 Å². The Balaban J connectivity index is 1.73. The molecular weight excluding hydrogens is 442 g/mol. The van der Waals surface area contributed by atoms with Crippen LogP contribution in [-0.4, -0.2) is 47.0 Å². The number of aromatic hydroxyl groups is 1. The van der Waals surface area contributed by atoms with Crippen LogP contribution < -0.4 is 10.4 Å². The van der Waals surface area contributed by atoms with Crippen LogP contribution >= 0.6 is 0 Å². The number of nitrogens with zero attached hydrogens (tertiary/aromatic N) is 3. The summed E-state index contributed by atoms with van der Waals surface area (Å²) in [5.74, 6) is -0.388. The lowest BCUT2D eigenvalue weighted by Gasteiger charge is -2.47. The van der Waals surface area contributed by atoms with Gasteiger partial charge in [0.05, 0.1) is 18.7 Å². The zero-order valence-electron chi connectivity index (χ0n) is 20.6. The van der Waals surface area contributed by atoms with Crippen LogP contribution in [0, 0.1) is 5.92 Å². The minimum atomic E-state index is -0.557. The van der Waals surface area contributed by atoms with E-state index in [1.54, 1.807) is 22.9 Å². The number of ether oxygens (including phenoxy) is 1. The van der Waals surface area contributed by atoms with Crippen molar-refractivity contribution >= 4 is 5.91 Å². The fourth-order valence-electron chi connectivity index (χ4n) is 5.76. The summed E-state index contributed by atoms with van der Waals surface area (Å²) in [7, 11) is 1.62. The Labute approximate surface area is 205 Å². The summed E-state index contributed by atoms with van der Waals surface area (Å²) >= 11 is 0. The van der Waals surface area contributed by atoms with Crippen molar-refractivity contribution in [1.29, 1.82) is 0 Å². The predicted octanol–water partition coefficient (Wildman–Crippen LogP) is 3.91. The first-order valence-corrected chi connectivity index (χ1v) is 12.4. The van der Waals surface area contributed by atoms with E-state index in [-0.39, 0.29) is 23.7 Å². The number of carbonyl (C=O) groups is 1. The molecule has 35 heavy (non-hydrogen) atoms. The second-order valence-electron chi connectivity index (χ2n) is 9.80. The third-order valence-electron chi connectivity index (χ3n) is 7.58. The van der Waals surface area contributed by atoms with Gasteiger partial charge in [-0.25, -0.2) is 0 Å². The van der Waals surface area contributed by atoms with Gasteiger partial charge in [-0.1, -0.05) is 55.8 Å². The second-order valence-corrected chi connectivity index (χ2v) is 9.80. The number of methoxy groups -OCH3 is 1. The number of amides is 1. The molecule has 1 aromatic heterocycles. The number of allylic oxidation sites excluding steroid dienone is 2. The number of aryl methyl sites for hydroxylation is 1. The van der Waals surface area contributed by atoms with E-state index < -0.39 is 11.2 Å². The minimum absolute atomic E-state index is 0.00957. The average Bonchev–Trinajstić information content (AvgIpc) is 3.02. The maximum Gasteiger partial charge on any atom is 0.278 e. The standard InChI is InChI=1S/C28H33N3O4/c1-4-21(16-35-3)29-17-31(30-14-13-24(32)27(33)26(30)28(29)34)25-22-8-6-5-7-19(22)10-11-20-15-18(2)9-12-23(20)25/h5-9,12-14,18,21,25,33H,4,10-11,15-17H2,1-3H3. The topological polar surface area (TPSA) is 75.0 Å². The first-order chi connectivity index (χ1) is 16.9. The zero-order valence-corrected chi connectivity index (χ0v) is 20.6. The molecule has 0 spiro atoms. The van der Waals surface area contributed by atoms with Gasteiger partial charge in [0, 0.05) is 19.4 Å². The van der Waals surface area contributed by atoms with Gasteiger partial charge in [0.25, 0.3) is 5.91 Å². The highest BCUT2D eigenvalue weighted by molar-refractivity contribution is 5.96. The van der Waals surface area contributed by atoms with Gasteiger partial charge in [-0.05, 0) is 48.3 Å². The molecule has 3 aliphatic rings. The van der Waals surface area contributed by atoms with Crippen molar-refractivity contribution in [3.8, 4) is 5.75 Å². The van der Waals surface area contributed by atoms with Crippen LogP contribution in [0.5, 0.6) is 5.75 Å². The summed E-state index contributed by atoms with van der Waals surface area (Å²) in [5, 5.41) is 12.9. The number of aromatic nitrogens is 1. The summed E-state index contributed by atoms with van der Waals surface area (Å²) in [5.41, 5.74) is 4.60. The van der Waals surface area contributed by atoms with Crippen LogP contribution in [-0.2, 0) is 11.2 Å². The van der Waals surface area contributed by atoms with Crippen LogP contribution in [0.25, 0.3) is 0 Å². The predicted molar refractivity (Wildman–Crippen MR) is 135 cm³/mol. The highest BCUT2D eigenvalue weighted by atomic mass is 16.5. The Kier molecular flexibility index (Phi) is 6.28. The smallest absolute Gasteiger partial charge is 0.278 e. The monoisotopic (exact) mass is 475 g/mol. The van der Waals surface area contributed by atoms with E-state index in [2.05, 4.69) is 48.4 Å². The molecule has 2 heterocycles. The molecule has 1 aliphatic heterocycles. The largest absolute Gasteiger partial charge is 0.502 e. The van der Waals surface area contributed by atoms with Gasteiger partial charge in [-0.3, -0.25) is 19.3 Å². The Bertz CT molecular complexity index is 1260. The summed E-state index contributed by atoms with van der Waals surface area (Å²) in [4.78, 5) is 27.8. The van der Waals surface area contributed by atoms with Crippen LogP contribution in [0.4, 0.5) is 0 Å².